The number of benzene rings is 2. The van der Waals surface area contributed by atoms with Crippen molar-refractivity contribution in [1.82, 2.24) is 9.78 Å². The number of esters is 1. The van der Waals surface area contributed by atoms with Crippen molar-refractivity contribution in [1.29, 1.82) is 0 Å². The summed E-state index contributed by atoms with van der Waals surface area (Å²) in [6.07, 6.45) is 5.77. The van der Waals surface area contributed by atoms with Gasteiger partial charge in [0.15, 0.2) is 11.7 Å². The molecule has 33 heavy (non-hydrogen) atoms. The summed E-state index contributed by atoms with van der Waals surface area (Å²) in [7, 11) is 0. The highest BCUT2D eigenvalue weighted by molar-refractivity contribution is 6.50. The first kappa shape index (κ1) is 21.3. The van der Waals surface area contributed by atoms with Gasteiger partial charge in [-0.05, 0) is 32.8 Å². The molecular formula is C27H28N4O2. The third-order valence-corrected chi connectivity index (χ3v) is 6.19. The second-order valence-electron chi connectivity index (χ2n) is 8.62. The molecule has 6 nitrogen and oxygen atoms in total. The van der Waals surface area contributed by atoms with E-state index in [1.54, 1.807) is 11.6 Å². The number of hydrogen-bond donors (Lipinski definition) is 0. The second-order valence-corrected chi connectivity index (χ2v) is 8.62. The molecule has 3 aromatic rings. The van der Waals surface area contributed by atoms with Crippen LogP contribution in [0.5, 0.6) is 0 Å². The first-order chi connectivity index (χ1) is 16.2. The maximum absolute atomic E-state index is 13.1. The van der Waals surface area contributed by atoms with Gasteiger partial charge in [0, 0.05) is 11.1 Å². The van der Waals surface area contributed by atoms with Gasteiger partial charge in [-0.3, -0.25) is 4.99 Å². The van der Waals surface area contributed by atoms with Gasteiger partial charge in [-0.1, -0.05) is 73.4 Å². The number of aromatic nitrogens is 2. The van der Waals surface area contributed by atoms with E-state index in [9.17, 15) is 4.79 Å². The molecule has 0 saturated heterocycles. The summed E-state index contributed by atoms with van der Waals surface area (Å²) < 4.78 is 7.17. The molecule has 2 heterocycles. The average molecular weight is 441 g/mol. The van der Waals surface area contributed by atoms with E-state index in [0.717, 1.165) is 41.1 Å². The number of fused-ring (bicyclic) bond motifs is 1. The number of rotatable bonds is 5. The number of ether oxygens (including phenoxy) is 1. The molecule has 0 atom stereocenters. The molecule has 0 radical (unpaired) electrons. The van der Waals surface area contributed by atoms with Gasteiger partial charge in [-0.2, -0.15) is 9.78 Å². The normalized spacial score (nSPS) is 17.2. The van der Waals surface area contributed by atoms with Gasteiger partial charge in [0.05, 0.1) is 12.6 Å². The molecule has 0 amide bonds. The van der Waals surface area contributed by atoms with Gasteiger partial charge in [0.25, 0.3) is 0 Å². The predicted molar refractivity (Wildman–Crippen MR) is 131 cm³/mol. The van der Waals surface area contributed by atoms with Crippen LogP contribution in [0.4, 0.5) is 5.82 Å². The molecule has 1 saturated carbocycles. The van der Waals surface area contributed by atoms with E-state index in [2.05, 4.69) is 19.1 Å². The fourth-order valence-electron chi connectivity index (χ4n) is 4.59. The van der Waals surface area contributed by atoms with Crippen molar-refractivity contribution in [2.24, 2.45) is 9.98 Å². The van der Waals surface area contributed by atoms with Crippen LogP contribution in [0.2, 0.25) is 0 Å². The van der Waals surface area contributed by atoms with Gasteiger partial charge in [-0.25, -0.2) is 9.79 Å². The minimum atomic E-state index is -0.413. The minimum absolute atomic E-state index is 0.241. The van der Waals surface area contributed by atoms with E-state index in [1.807, 2.05) is 42.5 Å². The van der Waals surface area contributed by atoms with E-state index < -0.39 is 5.97 Å². The molecular weight excluding hydrogens is 412 g/mol. The van der Waals surface area contributed by atoms with E-state index in [4.69, 9.17) is 19.8 Å². The lowest BCUT2D eigenvalue weighted by atomic mass is 9.96. The second kappa shape index (κ2) is 9.14. The monoisotopic (exact) mass is 440 g/mol. The molecule has 0 bridgehead atoms. The van der Waals surface area contributed by atoms with E-state index in [1.165, 1.54) is 19.3 Å². The average Bonchev–Trinajstić information content (AvgIpc) is 3.37. The Hall–Kier alpha value is -3.54. The van der Waals surface area contributed by atoms with Crippen LogP contribution in [0.1, 0.15) is 60.5 Å². The molecule has 0 unspecified atom stereocenters. The molecule has 1 aromatic heterocycles. The Kier molecular flexibility index (Phi) is 5.90. The van der Waals surface area contributed by atoms with Crippen molar-refractivity contribution in [3.63, 3.8) is 0 Å². The highest BCUT2D eigenvalue weighted by atomic mass is 16.5. The van der Waals surface area contributed by atoms with Crippen LogP contribution >= 0.6 is 0 Å². The predicted octanol–water partition coefficient (Wildman–Crippen LogP) is 5.75. The molecule has 0 N–H and O–H groups in total. The Morgan fingerprint density at radius 2 is 1.82 bits per heavy atom. The van der Waals surface area contributed by atoms with Crippen LogP contribution in [0, 0.1) is 6.92 Å². The van der Waals surface area contributed by atoms with Crippen molar-refractivity contribution in [3.05, 3.63) is 71.3 Å². The van der Waals surface area contributed by atoms with Crippen LogP contribution in [0.25, 0.3) is 11.3 Å². The quantitative estimate of drug-likeness (QED) is 0.475. The smallest absolute Gasteiger partial charge is 0.344 e. The van der Waals surface area contributed by atoms with Gasteiger partial charge in [-0.15, -0.1) is 0 Å². The summed E-state index contributed by atoms with van der Waals surface area (Å²) in [5.41, 5.74) is 4.71. The molecule has 0 spiro atoms. The molecule has 2 aliphatic rings. The summed E-state index contributed by atoms with van der Waals surface area (Å²) >= 11 is 0. The lowest BCUT2D eigenvalue weighted by molar-refractivity contribution is 0.0528. The number of carbonyl (C=O) groups is 1. The van der Waals surface area contributed by atoms with Crippen LogP contribution in [0.15, 0.2) is 64.6 Å². The zero-order chi connectivity index (χ0) is 22.8. The molecule has 2 aromatic carbocycles. The Labute approximate surface area is 194 Å². The highest BCUT2D eigenvalue weighted by Crippen LogP contribution is 2.36. The molecule has 1 aliphatic carbocycles. The summed E-state index contributed by atoms with van der Waals surface area (Å²) in [4.78, 5) is 23.2. The van der Waals surface area contributed by atoms with Gasteiger partial charge in [0.2, 0.25) is 0 Å². The summed E-state index contributed by atoms with van der Waals surface area (Å²) in [6.45, 7) is 4.16. The lowest BCUT2D eigenvalue weighted by Gasteiger charge is -2.18. The molecule has 1 aliphatic heterocycles. The van der Waals surface area contributed by atoms with Crippen molar-refractivity contribution in [2.75, 3.05) is 6.61 Å². The van der Waals surface area contributed by atoms with Crippen molar-refractivity contribution >= 4 is 23.3 Å². The maximum atomic E-state index is 13.1. The first-order valence-corrected chi connectivity index (χ1v) is 11.8. The molecule has 1 fully saturated rings. The SMILES string of the molecule is CCOC(=O)c1c(-c2ccccc2)nn2c1N=C(c1cccc(C)c1)C2=NC1CCCCC1. The zero-order valence-corrected chi connectivity index (χ0v) is 19.1. The fraction of sp³-hybridized carbons (Fsp3) is 0.333. The Morgan fingerprint density at radius 1 is 1.06 bits per heavy atom. The van der Waals surface area contributed by atoms with Gasteiger partial charge < -0.3 is 4.74 Å². The Balaban J connectivity index is 1.71. The Morgan fingerprint density at radius 3 is 2.55 bits per heavy atom. The third kappa shape index (κ3) is 4.13. The van der Waals surface area contributed by atoms with E-state index in [-0.39, 0.29) is 12.6 Å². The number of hydrogen-bond acceptors (Lipinski definition) is 5. The van der Waals surface area contributed by atoms with Crippen LogP contribution < -0.4 is 0 Å². The van der Waals surface area contributed by atoms with Crippen LogP contribution in [-0.4, -0.2) is 39.9 Å². The van der Waals surface area contributed by atoms with E-state index >= 15 is 0 Å². The van der Waals surface area contributed by atoms with E-state index in [0.29, 0.717) is 17.1 Å². The highest BCUT2D eigenvalue weighted by Gasteiger charge is 2.34. The fourth-order valence-corrected chi connectivity index (χ4v) is 4.59. The number of nitrogens with zero attached hydrogens (tertiary/aromatic N) is 4. The zero-order valence-electron chi connectivity index (χ0n) is 19.1. The van der Waals surface area contributed by atoms with Crippen LogP contribution in [0.3, 0.4) is 0 Å². The maximum Gasteiger partial charge on any atom is 0.344 e. The topological polar surface area (TPSA) is 68.8 Å². The largest absolute Gasteiger partial charge is 0.462 e. The van der Waals surface area contributed by atoms with Crippen LogP contribution in [-0.2, 0) is 4.74 Å². The van der Waals surface area contributed by atoms with Gasteiger partial charge >= 0.3 is 5.97 Å². The van der Waals surface area contributed by atoms with Gasteiger partial charge in [0.1, 0.15) is 17.0 Å². The third-order valence-electron chi connectivity index (χ3n) is 6.19. The lowest BCUT2D eigenvalue weighted by Crippen LogP contribution is -2.24. The summed E-state index contributed by atoms with van der Waals surface area (Å²) in [5, 5.41) is 4.88. The standard InChI is InChI=1S/C27H28N4O2/c1-3-33-27(32)22-23(19-12-6-4-7-13-19)30-31-25(22)29-24(20-14-10-11-18(2)17-20)26(31)28-21-15-8-5-9-16-21/h4,6-7,10-14,17,21H,3,5,8-9,15-16H2,1-2H3. The summed E-state index contributed by atoms with van der Waals surface area (Å²) in [6, 6.07) is 18.2. The molecule has 168 valence electrons. The number of carbonyl (C=O) groups excluding carboxylic acids is 1. The van der Waals surface area contributed by atoms with Crippen molar-refractivity contribution in [2.45, 2.75) is 52.0 Å². The van der Waals surface area contributed by atoms with Crippen molar-refractivity contribution in [3.8, 4) is 11.3 Å². The summed E-state index contributed by atoms with van der Waals surface area (Å²) in [5.74, 6) is 0.803. The first-order valence-electron chi connectivity index (χ1n) is 11.8. The minimum Gasteiger partial charge on any atom is -0.462 e. The molecule has 5 rings (SSSR count). The number of aliphatic imine (C=N–C) groups is 2. The Bertz CT molecular complexity index is 1230. The molecule has 6 heteroatoms. The van der Waals surface area contributed by atoms with Crippen molar-refractivity contribution < 1.29 is 9.53 Å². The number of aryl methyl sites for hydroxylation is 1.